The molecule has 0 radical (unpaired) electrons. The van der Waals surface area contributed by atoms with E-state index in [1.54, 1.807) is 24.3 Å². The Kier molecular flexibility index (Phi) is 3.44. The Bertz CT molecular complexity index is 300. The summed E-state index contributed by atoms with van der Waals surface area (Å²) >= 11 is 0. The van der Waals surface area contributed by atoms with Gasteiger partial charge in [0.15, 0.2) is 6.29 Å². The first kappa shape index (κ1) is 9.72. The molecule has 1 rings (SSSR count). The molecule has 0 saturated carbocycles. The summed E-state index contributed by atoms with van der Waals surface area (Å²) in [4.78, 5) is 0. The third-order valence-electron chi connectivity index (χ3n) is 1.77. The summed E-state index contributed by atoms with van der Waals surface area (Å²) in [7, 11) is 1.44. The SMILES string of the molecule is COC(O)c1ccc(CC#N)cc1. The van der Waals surface area contributed by atoms with Crippen molar-refractivity contribution >= 4 is 0 Å². The van der Waals surface area contributed by atoms with E-state index in [9.17, 15) is 5.11 Å². The Morgan fingerprint density at radius 3 is 2.54 bits per heavy atom. The second-order valence-electron chi connectivity index (χ2n) is 2.66. The number of aliphatic hydroxyl groups is 1. The molecular formula is C10H11NO2. The Morgan fingerprint density at radius 1 is 1.46 bits per heavy atom. The van der Waals surface area contributed by atoms with E-state index in [4.69, 9.17) is 10.00 Å². The topological polar surface area (TPSA) is 53.2 Å². The molecular weight excluding hydrogens is 166 g/mol. The maximum Gasteiger partial charge on any atom is 0.180 e. The predicted octanol–water partition coefficient (Wildman–Crippen LogP) is 1.39. The molecule has 1 aromatic carbocycles. The Morgan fingerprint density at radius 2 is 2.08 bits per heavy atom. The molecule has 0 spiro atoms. The van der Waals surface area contributed by atoms with Gasteiger partial charge in [0.2, 0.25) is 0 Å². The lowest BCUT2D eigenvalue weighted by atomic mass is 10.1. The first-order chi connectivity index (χ1) is 6.27. The van der Waals surface area contributed by atoms with Crippen molar-refractivity contribution in [3.8, 4) is 6.07 Å². The van der Waals surface area contributed by atoms with Gasteiger partial charge in [0, 0.05) is 12.7 Å². The van der Waals surface area contributed by atoms with Crippen LogP contribution in [-0.4, -0.2) is 12.2 Å². The summed E-state index contributed by atoms with van der Waals surface area (Å²) < 4.78 is 4.73. The van der Waals surface area contributed by atoms with Crippen LogP contribution in [0.5, 0.6) is 0 Å². The van der Waals surface area contributed by atoms with Crippen LogP contribution in [0.2, 0.25) is 0 Å². The van der Waals surface area contributed by atoms with Crippen LogP contribution < -0.4 is 0 Å². The standard InChI is InChI=1S/C10H11NO2/c1-13-10(12)9-4-2-8(3-5-9)6-7-11/h2-5,10,12H,6H2,1H3. The van der Waals surface area contributed by atoms with Gasteiger partial charge in [0.1, 0.15) is 0 Å². The van der Waals surface area contributed by atoms with Crippen molar-refractivity contribution in [2.75, 3.05) is 7.11 Å². The highest BCUT2D eigenvalue weighted by atomic mass is 16.6. The van der Waals surface area contributed by atoms with Gasteiger partial charge in [0.05, 0.1) is 12.5 Å². The fourth-order valence-electron chi connectivity index (χ4n) is 1.03. The largest absolute Gasteiger partial charge is 0.364 e. The molecule has 0 heterocycles. The molecule has 1 N–H and O–H groups in total. The van der Waals surface area contributed by atoms with Crippen molar-refractivity contribution in [2.45, 2.75) is 12.7 Å². The van der Waals surface area contributed by atoms with Gasteiger partial charge in [-0.3, -0.25) is 0 Å². The first-order valence-corrected chi connectivity index (χ1v) is 3.94. The minimum absolute atomic E-state index is 0.392. The second-order valence-corrected chi connectivity index (χ2v) is 2.66. The molecule has 0 aliphatic heterocycles. The van der Waals surface area contributed by atoms with Crippen molar-refractivity contribution in [1.82, 2.24) is 0 Å². The van der Waals surface area contributed by atoms with Gasteiger partial charge in [-0.1, -0.05) is 24.3 Å². The van der Waals surface area contributed by atoms with E-state index >= 15 is 0 Å². The van der Waals surface area contributed by atoms with Gasteiger partial charge in [-0.25, -0.2) is 0 Å². The molecule has 1 unspecified atom stereocenters. The van der Waals surface area contributed by atoms with Crippen LogP contribution in [-0.2, 0) is 11.2 Å². The highest BCUT2D eigenvalue weighted by molar-refractivity contribution is 5.25. The van der Waals surface area contributed by atoms with Crippen LogP contribution >= 0.6 is 0 Å². The molecule has 13 heavy (non-hydrogen) atoms. The number of hydrogen-bond donors (Lipinski definition) is 1. The number of ether oxygens (including phenoxy) is 1. The summed E-state index contributed by atoms with van der Waals surface area (Å²) in [6.07, 6.45) is -0.486. The summed E-state index contributed by atoms with van der Waals surface area (Å²) in [6, 6.07) is 9.17. The molecule has 0 aliphatic carbocycles. The molecule has 0 fully saturated rings. The van der Waals surface area contributed by atoms with Gasteiger partial charge < -0.3 is 9.84 Å². The molecule has 3 nitrogen and oxygen atoms in total. The zero-order valence-corrected chi connectivity index (χ0v) is 7.40. The van der Waals surface area contributed by atoms with E-state index in [1.807, 2.05) is 0 Å². The molecule has 0 amide bonds. The number of hydrogen-bond acceptors (Lipinski definition) is 3. The molecule has 1 atom stereocenters. The number of nitriles is 1. The quantitative estimate of drug-likeness (QED) is 0.710. The number of aliphatic hydroxyl groups excluding tert-OH is 1. The number of benzene rings is 1. The van der Waals surface area contributed by atoms with Crippen LogP contribution in [0.15, 0.2) is 24.3 Å². The van der Waals surface area contributed by atoms with E-state index in [-0.39, 0.29) is 0 Å². The van der Waals surface area contributed by atoms with Crippen molar-refractivity contribution in [3.05, 3.63) is 35.4 Å². The fraction of sp³-hybridized carbons (Fsp3) is 0.300. The average Bonchev–Trinajstić information content (AvgIpc) is 2.18. The smallest absolute Gasteiger partial charge is 0.180 e. The maximum atomic E-state index is 9.26. The second kappa shape index (κ2) is 4.61. The van der Waals surface area contributed by atoms with E-state index in [0.29, 0.717) is 12.0 Å². The fourth-order valence-corrected chi connectivity index (χ4v) is 1.03. The first-order valence-electron chi connectivity index (χ1n) is 3.94. The molecule has 3 heteroatoms. The van der Waals surface area contributed by atoms with Crippen LogP contribution in [0, 0.1) is 11.3 Å². The Labute approximate surface area is 77.2 Å². The van der Waals surface area contributed by atoms with Gasteiger partial charge in [0.25, 0.3) is 0 Å². The Hall–Kier alpha value is -1.37. The number of nitrogens with zero attached hydrogens (tertiary/aromatic N) is 1. The molecule has 0 aromatic heterocycles. The average molecular weight is 177 g/mol. The lowest BCUT2D eigenvalue weighted by Crippen LogP contribution is -1.99. The van der Waals surface area contributed by atoms with Crippen molar-refractivity contribution in [1.29, 1.82) is 5.26 Å². The monoisotopic (exact) mass is 177 g/mol. The van der Waals surface area contributed by atoms with Crippen LogP contribution in [0.25, 0.3) is 0 Å². The van der Waals surface area contributed by atoms with Gasteiger partial charge in [-0.05, 0) is 5.56 Å². The van der Waals surface area contributed by atoms with E-state index in [2.05, 4.69) is 6.07 Å². The van der Waals surface area contributed by atoms with E-state index in [0.717, 1.165) is 5.56 Å². The van der Waals surface area contributed by atoms with Crippen LogP contribution in [0.3, 0.4) is 0 Å². The van der Waals surface area contributed by atoms with Gasteiger partial charge >= 0.3 is 0 Å². The summed E-state index contributed by atoms with van der Waals surface area (Å²) in [5.74, 6) is 0. The molecule has 0 aliphatic rings. The van der Waals surface area contributed by atoms with Crippen molar-refractivity contribution < 1.29 is 9.84 Å². The number of rotatable bonds is 3. The highest BCUT2D eigenvalue weighted by Crippen LogP contribution is 2.13. The molecule has 0 saturated heterocycles. The zero-order valence-electron chi connectivity index (χ0n) is 7.40. The number of methoxy groups -OCH3 is 1. The van der Waals surface area contributed by atoms with Gasteiger partial charge in [-0.15, -0.1) is 0 Å². The van der Waals surface area contributed by atoms with Crippen molar-refractivity contribution in [2.24, 2.45) is 0 Å². The van der Waals surface area contributed by atoms with E-state index < -0.39 is 6.29 Å². The minimum Gasteiger partial charge on any atom is -0.364 e. The third kappa shape index (κ3) is 2.55. The zero-order chi connectivity index (χ0) is 9.68. The summed E-state index contributed by atoms with van der Waals surface area (Å²) in [6.45, 7) is 0. The van der Waals surface area contributed by atoms with Crippen LogP contribution in [0.4, 0.5) is 0 Å². The predicted molar refractivity (Wildman–Crippen MR) is 47.7 cm³/mol. The summed E-state index contributed by atoms with van der Waals surface area (Å²) in [5.41, 5.74) is 1.64. The minimum atomic E-state index is -0.879. The van der Waals surface area contributed by atoms with Gasteiger partial charge in [-0.2, -0.15) is 5.26 Å². The van der Waals surface area contributed by atoms with Crippen LogP contribution in [0.1, 0.15) is 17.4 Å². The normalized spacial score (nSPS) is 12.1. The van der Waals surface area contributed by atoms with E-state index in [1.165, 1.54) is 7.11 Å². The molecule has 0 bridgehead atoms. The molecule has 68 valence electrons. The third-order valence-corrected chi connectivity index (χ3v) is 1.77. The highest BCUT2D eigenvalue weighted by Gasteiger charge is 2.03. The lowest BCUT2D eigenvalue weighted by molar-refractivity contribution is -0.0769. The Balaban J connectivity index is 2.76. The maximum absolute atomic E-state index is 9.26. The van der Waals surface area contributed by atoms with Crippen molar-refractivity contribution in [3.63, 3.8) is 0 Å². The lowest BCUT2D eigenvalue weighted by Gasteiger charge is -2.08. The summed E-state index contributed by atoms with van der Waals surface area (Å²) in [5, 5.41) is 17.7. The molecule has 1 aromatic rings.